The molecule has 4 rings (SSSR count). The van der Waals surface area contributed by atoms with Gasteiger partial charge in [-0.15, -0.1) is 0 Å². The molecule has 27 heavy (non-hydrogen) atoms. The van der Waals surface area contributed by atoms with Crippen LogP contribution < -0.4 is 10.6 Å². The van der Waals surface area contributed by atoms with E-state index < -0.39 is 5.91 Å². The lowest BCUT2D eigenvalue weighted by Gasteiger charge is -2.33. The fraction of sp³-hybridized carbons (Fsp3) is 0.250. The number of carbonyl (C=O) groups is 1. The first-order chi connectivity index (χ1) is 13.1. The van der Waals surface area contributed by atoms with Gasteiger partial charge in [0.1, 0.15) is 11.6 Å². The molecular weight excluding hydrogens is 345 g/mol. The van der Waals surface area contributed by atoms with Gasteiger partial charge >= 0.3 is 0 Å². The Morgan fingerprint density at radius 3 is 2.85 bits per heavy atom. The standard InChI is InChI=1S/C20H20FN5O/c21-16-5-3-13(4-6-16)17-11-24-25-19(17)15-2-1-9-26(12-15)18-10-14(20(22)27)7-8-23-18/h3-8,10-11,15H,1-2,9,12H2,(H2,22,27)(H,24,25). The molecule has 3 N–H and O–H groups in total. The van der Waals surface area contributed by atoms with Gasteiger partial charge in [0.15, 0.2) is 0 Å². The summed E-state index contributed by atoms with van der Waals surface area (Å²) in [5, 5.41) is 7.34. The van der Waals surface area contributed by atoms with Gasteiger partial charge in [-0.2, -0.15) is 5.10 Å². The molecule has 1 aliphatic heterocycles. The van der Waals surface area contributed by atoms with Crippen LogP contribution in [0.1, 0.15) is 34.8 Å². The number of amides is 1. The van der Waals surface area contributed by atoms with Crippen LogP contribution in [0.3, 0.4) is 0 Å². The number of aromatic amines is 1. The topological polar surface area (TPSA) is 87.9 Å². The van der Waals surface area contributed by atoms with Gasteiger partial charge in [-0.1, -0.05) is 12.1 Å². The lowest BCUT2D eigenvalue weighted by atomic mass is 9.90. The average Bonchev–Trinajstić information content (AvgIpc) is 3.18. The van der Waals surface area contributed by atoms with Crippen molar-refractivity contribution in [3.63, 3.8) is 0 Å². The number of carbonyl (C=O) groups excluding carboxylic acids is 1. The van der Waals surface area contributed by atoms with E-state index in [2.05, 4.69) is 20.1 Å². The SMILES string of the molecule is NC(=O)c1ccnc(N2CCCC(c3[nH]ncc3-c3ccc(F)cc3)C2)c1. The van der Waals surface area contributed by atoms with Gasteiger partial charge in [-0.25, -0.2) is 9.37 Å². The maximum absolute atomic E-state index is 13.2. The van der Waals surface area contributed by atoms with Crippen molar-refractivity contribution in [2.24, 2.45) is 5.73 Å². The molecule has 1 aliphatic rings. The number of halogens is 1. The number of nitrogens with one attached hydrogen (secondary N) is 1. The third-order valence-corrected chi connectivity index (χ3v) is 5.01. The van der Waals surface area contributed by atoms with Crippen LogP contribution >= 0.6 is 0 Å². The summed E-state index contributed by atoms with van der Waals surface area (Å²) >= 11 is 0. The molecule has 0 bridgehead atoms. The predicted molar refractivity (Wildman–Crippen MR) is 101 cm³/mol. The quantitative estimate of drug-likeness (QED) is 0.744. The van der Waals surface area contributed by atoms with Crippen molar-refractivity contribution in [3.05, 3.63) is 65.9 Å². The minimum Gasteiger partial charge on any atom is -0.366 e. The normalized spacial score (nSPS) is 17.1. The first-order valence-corrected chi connectivity index (χ1v) is 8.92. The summed E-state index contributed by atoms with van der Waals surface area (Å²) in [6.45, 7) is 1.62. The van der Waals surface area contributed by atoms with Crippen LogP contribution in [0.4, 0.5) is 10.2 Å². The zero-order chi connectivity index (χ0) is 18.8. The molecule has 1 aromatic carbocycles. The van der Waals surface area contributed by atoms with E-state index in [1.807, 2.05) is 0 Å². The summed E-state index contributed by atoms with van der Waals surface area (Å²) in [6, 6.07) is 9.80. The predicted octanol–water partition coefficient (Wildman–Crippen LogP) is 3.09. The fourth-order valence-corrected chi connectivity index (χ4v) is 3.63. The summed E-state index contributed by atoms with van der Waals surface area (Å²) in [5.74, 6) is 0.270. The van der Waals surface area contributed by atoms with E-state index in [0.29, 0.717) is 5.56 Å². The molecule has 1 atom stereocenters. The van der Waals surface area contributed by atoms with Crippen LogP contribution in [0.5, 0.6) is 0 Å². The van der Waals surface area contributed by atoms with Crippen molar-refractivity contribution < 1.29 is 9.18 Å². The van der Waals surface area contributed by atoms with Crippen LogP contribution in [-0.2, 0) is 0 Å². The highest BCUT2D eigenvalue weighted by molar-refractivity contribution is 5.93. The zero-order valence-corrected chi connectivity index (χ0v) is 14.7. The molecule has 1 amide bonds. The Morgan fingerprint density at radius 2 is 2.07 bits per heavy atom. The van der Waals surface area contributed by atoms with Crippen molar-refractivity contribution in [1.82, 2.24) is 15.2 Å². The van der Waals surface area contributed by atoms with Crippen LogP contribution in [0.2, 0.25) is 0 Å². The summed E-state index contributed by atoms with van der Waals surface area (Å²) in [6.07, 6.45) is 5.41. The monoisotopic (exact) mass is 365 g/mol. The van der Waals surface area contributed by atoms with Gasteiger partial charge < -0.3 is 10.6 Å². The van der Waals surface area contributed by atoms with E-state index >= 15 is 0 Å². The largest absolute Gasteiger partial charge is 0.366 e. The Balaban J connectivity index is 1.59. The second-order valence-corrected chi connectivity index (χ2v) is 6.76. The van der Waals surface area contributed by atoms with E-state index in [1.54, 1.807) is 36.7 Å². The van der Waals surface area contributed by atoms with Crippen LogP contribution in [-0.4, -0.2) is 34.2 Å². The van der Waals surface area contributed by atoms with Crippen molar-refractivity contribution in [2.45, 2.75) is 18.8 Å². The van der Waals surface area contributed by atoms with Crippen molar-refractivity contribution in [3.8, 4) is 11.1 Å². The molecule has 0 saturated carbocycles. The molecule has 1 fully saturated rings. The summed E-state index contributed by atoms with van der Waals surface area (Å²) in [4.78, 5) is 18.0. The van der Waals surface area contributed by atoms with Gasteiger partial charge in [-0.3, -0.25) is 9.89 Å². The number of pyridine rings is 1. The van der Waals surface area contributed by atoms with Crippen molar-refractivity contribution >= 4 is 11.7 Å². The number of nitrogens with two attached hydrogens (primary N) is 1. The summed E-state index contributed by atoms with van der Waals surface area (Å²) in [7, 11) is 0. The van der Waals surface area contributed by atoms with E-state index in [-0.39, 0.29) is 11.7 Å². The maximum Gasteiger partial charge on any atom is 0.248 e. The lowest BCUT2D eigenvalue weighted by molar-refractivity contribution is 0.1000. The van der Waals surface area contributed by atoms with Gasteiger partial charge in [0.2, 0.25) is 5.91 Å². The summed E-state index contributed by atoms with van der Waals surface area (Å²) in [5.41, 5.74) is 8.80. The molecular formula is C20H20FN5O. The molecule has 1 unspecified atom stereocenters. The molecule has 3 heterocycles. The Hall–Kier alpha value is -3.22. The number of primary amides is 1. The zero-order valence-electron chi connectivity index (χ0n) is 14.7. The third kappa shape index (κ3) is 3.53. The van der Waals surface area contributed by atoms with E-state index in [9.17, 15) is 9.18 Å². The second-order valence-electron chi connectivity index (χ2n) is 6.76. The summed E-state index contributed by atoms with van der Waals surface area (Å²) < 4.78 is 13.2. The molecule has 0 spiro atoms. The number of hydrogen-bond acceptors (Lipinski definition) is 4. The van der Waals surface area contributed by atoms with Gasteiger partial charge in [0, 0.05) is 42.0 Å². The Bertz CT molecular complexity index is 953. The average molecular weight is 365 g/mol. The number of aromatic nitrogens is 3. The number of nitrogens with zero attached hydrogens (tertiary/aromatic N) is 3. The number of piperidine rings is 1. The smallest absolute Gasteiger partial charge is 0.248 e. The highest BCUT2D eigenvalue weighted by Gasteiger charge is 2.26. The minimum absolute atomic E-state index is 0.236. The Labute approximate surface area is 156 Å². The van der Waals surface area contributed by atoms with E-state index in [0.717, 1.165) is 48.6 Å². The van der Waals surface area contributed by atoms with Crippen molar-refractivity contribution in [2.75, 3.05) is 18.0 Å². The third-order valence-electron chi connectivity index (χ3n) is 5.01. The van der Waals surface area contributed by atoms with Gasteiger partial charge in [0.05, 0.1) is 6.20 Å². The van der Waals surface area contributed by atoms with Crippen LogP contribution in [0.25, 0.3) is 11.1 Å². The molecule has 7 heteroatoms. The maximum atomic E-state index is 13.2. The fourth-order valence-electron chi connectivity index (χ4n) is 3.63. The lowest BCUT2D eigenvalue weighted by Crippen LogP contribution is -2.35. The second kappa shape index (κ2) is 7.19. The Morgan fingerprint density at radius 1 is 1.26 bits per heavy atom. The van der Waals surface area contributed by atoms with Crippen LogP contribution in [0, 0.1) is 5.82 Å². The van der Waals surface area contributed by atoms with Crippen molar-refractivity contribution in [1.29, 1.82) is 0 Å². The van der Waals surface area contributed by atoms with E-state index in [1.165, 1.54) is 12.1 Å². The van der Waals surface area contributed by atoms with Crippen LogP contribution in [0.15, 0.2) is 48.8 Å². The molecule has 6 nitrogen and oxygen atoms in total. The highest BCUT2D eigenvalue weighted by Crippen LogP contribution is 2.34. The van der Waals surface area contributed by atoms with E-state index in [4.69, 9.17) is 5.73 Å². The van der Waals surface area contributed by atoms with Gasteiger partial charge in [-0.05, 0) is 42.7 Å². The number of H-pyrrole nitrogens is 1. The molecule has 1 saturated heterocycles. The molecule has 138 valence electrons. The first kappa shape index (κ1) is 17.2. The van der Waals surface area contributed by atoms with Gasteiger partial charge in [0.25, 0.3) is 0 Å². The molecule has 0 radical (unpaired) electrons. The number of anilines is 1. The highest BCUT2D eigenvalue weighted by atomic mass is 19.1. The Kier molecular flexibility index (Phi) is 4.58. The molecule has 2 aromatic heterocycles. The minimum atomic E-state index is -0.459. The molecule has 3 aromatic rings. The first-order valence-electron chi connectivity index (χ1n) is 8.92. The number of rotatable bonds is 4. The number of benzene rings is 1. The number of hydrogen-bond donors (Lipinski definition) is 2. The molecule has 0 aliphatic carbocycles.